The Morgan fingerprint density at radius 3 is 2.78 bits per heavy atom. The standard InChI is InChI=1S/C29H29NO6/c1-3-4-12-34-22-8-5-7-19(16-22)26-25(28(32)29(33)30(26)17-23-9-6-13-35-23)27(31)20-10-11-24-21(15-20)14-18(2)36-24/h5-11,13,15-16,18,26,31H,3-4,12,14,17H2,1-2H3/b27-25+/t18-,26+/m0/s1. The van der Waals surface area contributed by atoms with E-state index in [-0.39, 0.29) is 24.0 Å². The number of hydrogen-bond acceptors (Lipinski definition) is 6. The van der Waals surface area contributed by atoms with E-state index in [0.717, 1.165) is 24.2 Å². The molecule has 0 saturated carbocycles. The molecular formula is C29H29NO6. The molecule has 1 fully saturated rings. The Morgan fingerprint density at radius 2 is 2.00 bits per heavy atom. The van der Waals surface area contributed by atoms with E-state index in [1.165, 1.54) is 11.2 Å². The van der Waals surface area contributed by atoms with E-state index < -0.39 is 17.7 Å². The fraction of sp³-hybridized carbons (Fsp3) is 0.310. The number of unbranched alkanes of at least 4 members (excludes halogenated alkanes) is 1. The molecule has 0 spiro atoms. The van der Waals surface area contributed by atoms with Crippen LogP contribution in [0.4, 0.5) is 0 Å². The number of Topliss-reactive ketones (excluding diaryl/α,β-unsaturated/α-hetero) is 1. The lowest BCUT2D eigenvalue weighted by Crippen LogP contribution is -2.29. The van der Waals surface area contributed by atoms with Gasteiger partial charge in [-0.05, 0) is 66.9 Å². The number of furan rings is 1. The summed E-state index contributed by atoms with van der Waals surface area (Å²) in [5.74, 6) is 0.333. The molecule has 0 aliphatic carbocycles. The van der Waals surface area contributed by atoms with E-state index in [2.05, 4.69) is 6.92 Å². The first-order valence-corrected chi connectivity index (χ1v) is 12.3. The Labute approximate surface area is 209 Å². The molecule has 2 atom stereocenters. The Kier molecular flexibility index (Phi) is 6.55. The highest BCUT2D eigenvalue weighted by Gasteiger charge is 2.46. The minimum Gasteiger partial charge on any atom is -0.507 e. The highest BCUT2D eigenvalue weighted by Crippen LogP contribution is 2.42. The zero-order valence-electron chi connectivity index (χ0n) is 20.4. The minimum atomic E-state index is -0.798. The molecule has 36 heavy (non-hydrogen) atoms. The Balaban J connectivity index is 1.59. The van der Waals surface area contributed by atoms with E-state index in [1.54, 1.807) is 24.3 Å². The number of ketones is 1. The van der Waals surface area contributed by atoms with Gasteiger partial charge in [-0.1, -0.05) is 25.5 Å². The van der Waals surface area contributed by atoms with Gasteiger partial charge in [0.15, 0.2) is 0 Å². The topological polar surface area (TPSA) is 89.2 Å². The number of aliphatic hydroxyl groups excluding tert-OH is 1. The maximum Gasteiger partial charge on any atom is 0.296 e. The van der Waals surface area contributed by atoms with E-state index in [4.69, 9.17) is 13.9 Å². The first-order chi connectivity index (χ1) is 17.5. The lowest BCUT2D eigenvalue weighted by atomic mass is 9.94. The van der Waals surface area contributed by atoms with Gasteiger partial charge in [0.05, 0.1) is 31.0 Å². The summed E-state index contributed by atoms with van der Waals surface area (Å²) >= 11 is 0. The lowest BCUT2D eigenvalue weighted by Gasteiger charge is -2.25. The molecule has 2 aromatic carbocycles. The fourth-order valence-electron chi connectivity index (χ4n) is 4.79. The first-order valence-electron chi connectivity index (χ1n) is 12.3. The molecule has 0 unspecified atom stereocenters. The van der Waals surface area contributed by atoms with Crippen LogP contribution in [0.15, 0.2) is 70.9 Å². The van der Waals surface area contributed by atoms with Gasteiger partial charge in [-0.2, -0.15) is 0 Å². The normalized spacial score (nSPS) is 20.4. The number of nitrogens with zero attached hydrogens (tertiary/aromatic N) is 1. The van der Waals surface area contributed by atoms with E-state index in [1.807, 2.05) is 37.3 Å². The Morgan fingerprint density at radius 1 is 1.14 bits per heavy atom. The molecular weight excluding hydrogens is 458 g/mol. The summed E-state index contributed by atoms with van der Waals surface area (Å²) in [5.41, 5.74) is 2.15. The number of hydrogen-bond donors (Lipinski definition) is 1. The highest BCUT2D eigenvalue weighted by molar-refractivity contribution is 6.46. The molecule has 5 rings (SSSR count). The third-order valence-corrected chi connectivity index (χ3v) is 6.56. The van der Waals surface area contributed by atoms with Crippen LogP contribution in [0.5, 0.6) is 11.5 Å². The van der Waals surface area contributed by atoms with Crippen LogP contribution in [0.2, 0.25) is 0 Å². The maximum atomic E-state index is 13.3. The largest absolute Gasteiger partial charge is 0.507 e. The van der Waals surface area contributed by atoms with Gasteiger partial charge in [-0.15, -0.1) is 0 Å². The minimum absolute atomic E-state index is 0.0455. The van der Waals surface area contributed by atoms with Crippen molar-refractivity contribution >= 4 is 17.4 Å². The molecule has 1 N–H and O–H groups in total. The highest BCUT2D eigenvalue weighted by atomic mass is 16.5. The number of ether oxygens (including phenoxy) is 2. The number of aliphatic hydroxyl groups is 1. The molecule has 2 aliphatic rings. The van der Waals surface area contributed by atoms with Crippen LogP contribution >= 0.6 is 0 Å². The summed E-state index contributed by atoms with van der Waals surface area (Å²) in [5, 5.41) is 11.4. The van der Waals surface area contributed by atoms with Gasteiger partial charge in [0.25, 0.3) is 11.7 Å². The van der Waals surface area contributed by atoms with Crippen molar-refractivity contribution in [1.82, 2.24) is 4.90 Å². The third-order valence-electron chi connectivity index (χ3n) is 6.56. The number of likely N-dealkylation sites (tertiary alicyclic amines) is 1. The molecule has 1 aromatic heterocycles. The smallest absolute Gasteiger partial charge is 0.296 e. The zero-order chi connectivity index (χ0) is 25.2. The predicted octanol–water partition coefficient (Wildman–Crippen LogP) is 5.40. The zero-order valence-corrected chi connectivity index (χ0v) is 20.4. The van der Waals surface area contributed by atoms with E-state index in [0.29, 0.717) is 35.7 Å². The number of carbonyl (C=O) groups is 2. The van der Waals surface area contributed by atoms with Crippen molar-refractivity contribution in [3.8, 4) is 11.5 Å². The van der Waals surface area contributed by atoms with Gasteiger partial charge >= 0.3 is 0 Å². The molecule has 186 valence electrons. The Hall–Kier alpha value is -4.00. The van der Waals surface area contributed by atoms with E-state index >= 15 is 0 Å². The molecule has 1 saturated heterocycles. The lowest BCUT2D eigenvalue weighted by molar-refractivity contribution is -0.140. The van der Waals surface area contributed by atoms with Gasteiger partial charge in [0, 0.05) is 12.0 Å². The fourth-order valence-corrected chi connectivity index (χ4v) is 4.79. The van der Waals surface area contributed by atoms with Gasteiger partial charge in [0.1, 0.15) is 29.1 Å². The molecule has 3 heterocycles. The number of benzene rings is 2. The van der Waals surface area contributed by atoms with Crippen molar-refractivity contribution in [1.29, 1.82) is 0 Å². The Bertz CT molecular complexity index is 1310. The van der Waals surface area contributed by atoms with Crippen molar-refractivity contribution < 1.29 is 28.6 Å². The summed E-state index contributed by atoms with van der Waals surface area (Å²) < 4.78 is 17.1. The third kappa shape index (κ3) is 4.49. The molecule has 0 radical (unpaired) electrons. The number of rotatable bonds is 8. The van der Waals surface area contributed by atoms with Crippen LogP contribution in [0.1, 0.15) is 55.2 Å². The SMILES string of the molecule is CCCCOc1cccc([C@@H]2/C(=C(\O)c3ccc4c(c3)C[C@H](C)O4)C(=O)C(=O)N2Cc2ccco2)c1. The van der Waals surface area contributed by atoms with Crippen LogP contribution in [0.25, 0.3) is 5.76 Å². The summed E-state index contributed by atoms with van der Waals surface area (Å²) in [6.45, 7) is 4.74. The average molecular weight is 488 g/mol. The van der Waals surface area contributed by atoms with Crippen molar-refractivity contribution in [3.05, 3.63) is 88.9 Å². The second kappa shape index (κ2) is 9.93. The van der Waals surface area contributed by atoms with Crippen LogP contribution in [-0.2, 0) is 22.6 Å². The molecule has 7 nitrogen and oxygen atoms in total. The number of carbonyl (C=O) groups excluding carboxylic acids is 2. The monoisotopic (exact) mass is 487 g/mol. The van der Waals surface area contributed by atoms with Crippen molar-refractivity contribution in [2.24, 2.45) is 0 Å². The van der Waals surface area contributed by atoms with Gasteiger partial charge in [-0.25, -0.2) is 0 Å². The van der Waals surface area contributed by atoms with Crippen LogP contribution in [0, 0.1) is 0 Å². The molecule has 7 heteroatoms. The van der Waals surface area contributed by atoms with Gasteiger partial charge < -0.3 is 23.9 Å². The van der Waals surface area contributed by atoms with Crippen molar-refractivity contribution in [3.63, 3.8) is 0 Å². The summed E-state index contributed by atoms with van der Waals surface area (Å²) in [4.78, 5) is 28.0. The predicted molar refractivity (Wildman–Crippen MR) is 134 cm³/mol. The molecule has 1 amide bonds. The second-order valence-corrected chi connectivity index (χ2v) is 9.24. The number of amides is 1. The summed E-state index contributed by atoms with van der Waals surface area (Å²) in [6, 6.07) is 15.4. The van der Waals surface area contributed by atoms with Crippen LogP contribution < -0.4 is 9.47 Å². The molecule has 3 aromatic rings. The summed E-state index contributed by atoms with van der Waals surface area (Å²) in [6.07, 6.45) is 4.21. The summed E-state index contributed by atoms with van der Waals surface area (Å²) in [7, 11) is 0. The van der Waals surface area contributed by atoms with Crippen LogP contribution in [0.3, 0.4) is 0 Å². The van der Waals surface area contributed by atoms with Gasteiger partial charge in [0.2, 0.25) is 0 Å². The average Bonchev–Trinajstić information content (AvgIpc) is 3.58. The molecule has 2 aliphatic heterocycles. The maximum absolute atomic E-state index is 13.3. The second-order valence-electron chi connectivity index (χ2n) is 9.24. The van der Waals surface area contributed by atoms with Crippen molar-refractivity contribution in [2.45, 2.75) is 51.8 Å². The number of fused-ring (bicyclic) bond motifs is 1. The molecule has 0 bridgehead atoms. The van der Waals surface area contributed by atoms with Crippen LogP contribution in [-0.4, -0.2) is 34.4 Å². The van der Waals surface area contributed by atoms with Crippen molar-refractivity contribution in [2.75, 3.05) is 6.61 Å². The van der Waals surface area contributed by atoms with Gasteiger partial charge in [-0.3, -0.25) is 9.59 Å². The quantitative estimate of drug-likeness (QED) is 0.198. The first kappa shape index (κ1) is 23.7. The van der Waals surface area contributed by atoms with E-state index in [9.17, 15) is 14.7 Å².